The van der Waals surface area contributed by atoms with Crippen LogP contribution in [0.4, 0.5) is 11.4 Å². The Morgan fingerprint density at radius 3 is 2.95 bits per heavy atom. The van der Waals surface area contributed by atoms with Gasteiger partial charge in [-0.1, -0.05) is 30.7 Å². The maximum Gasteiger partial charge on any atom is 0.221 e. The lowest BCUT2D eigenvalue weighted by Crippen LogP contribution is -2.31. The summed E-state index contributed by atoms with van der Waals surface area (Å²) >= 11 is 1.82. The van der Waals surface area contributed by atoms with Gasteiger partial charge in [-0.25, -0.2) is 0 Å². The Labute approximate surface area is 129 Å². The molecule has 0 spiro atoms. The molecule has 1 aromatic carbocycles. The van der Waals surface area contributed by atoms with Crippen molar-refractivity contribution >= 4 is 34.2 Å². The molecule has 0 bridgehead atoms. The van der Waals surface area contributed by atoms with E-state index in [0.29, 0.717) is 6.04 Å². The predicted molar refractivity (Wildman–Crippen MR) is 90.0 cm³/mol. The molecule has 0 aromatic heterocycles. The molecule has 112 valence electrons. The molecule has 2 unspecified atom stereocenters. The zero-order valence-electron chi connectivity index (χ0n) is 12.3. The number of carbonyl (C=O) groups excluding carboxylic acids is 1. The number of amides is 1. The molecule has 1 fully saturated rings. The van der Waals surface area contributed by atoms with Crippen molar-refractivity contribution in [2.75, 3.05) is 16.4 Å². The Morgan fingerprint density at radius 2 is 2.10 bits per heavy atom. The molecule has 5 heteroatoms. The third kappa shape index (κ3) is 3.79. The van der Waals surface area contributed by atoms with E-state index in [2.05, 4.69) is 10.6 Å². The van der Waals surface area contributed by atoms with E-state index in [1.54, 1.807) is 0 Å². The van der Waals surface area contributed by atoms with E-state index in [1.807, 2.05) is 36.0 Å². The Morgan fingerprint density at radius 1 is 1.29 bits per heavy atom. The topological polar surface area (TPSA) is 53.5 Å². The molecule has 1 aliphatic heterocycles. The summed E-state index contributed by atoms with van der Waals surface area (Å²) in [6, 6.07) is 8.27. The van der Waals surface area contributed by atoms with Crippen LogP contribution in [0.25, 0.3) is 0 Å². The summed E-state index contributed by atoms with van der Waals surface area (Å²) in [5.41, 5.74) is 1.78. The molecule has 3 rings (SSSR count). The molecule has 4 nitrogen and oxygen atoms in total. The summed E-state index contributed by atoms with van der Waals surface area (Å²) in [5.74, 6) is 1.88. The van der Waals surface area contributed by atoms with Gasteiger partial charge in [0.15, 0.2) is 5.17 Å². The number of hydrogen-bond acceptors (Lipinski definition) is 4. The minimum Gasteiger partial charge on any atom is -0.335 e. The number of benzene rings is 1. The molecule has 2 aliphatic rings. The van der Waals surface area contributed by atoms with Crippen LogP contribution in [0.2, 0.25) is 0 Å². The second kappa shape index (κ2) is 6.52. The highest BCUT2D eigenvalue weighted by Crippen LogP contribution is 2.34. The Kier molecular flexibility index (Phi) is 4.48. The number of nitrogens with one attached hydrogen (secondary N) is 2. The summed E-state index contributed by atoms with van der Waals surface area (Å²) in [6.45, 7) is 1.52. The van der Waals surface area contributed by atoms with E-state index < -0.39 is 0 Å². The van der Waals surface area contributed by atoms with Crippen molar-refractivity contribution in [2.24, 2.45) is 10.9 Å². The van der Waals surface area contributed by atoms with Gasteiger partial charge in [0.05, 0.1) is 6.04 Å². The van der Waals surface area contributed by atoms with Crippen molar-refractivity contribution in [1.29, 1.82) is 0 Å². The molecular formula is C16H21N3OS. The van der Waals surface area contributed by atoms with Crippen LogP contribution in [-0.2, 0) is 4.79 Å². The van der Waals surface area contributed by atoms with Crippen molar-refractivity contribution in [1.82, 2.24) is 0 Å². The van der Waals surface area contributed by atoms with Crippen molar-refractivity contribution in [3.05, 3.63) is 24.3 Å². The molecule has 1 saturated carbocycles. The van der Waals surface area contributed by atoms with Crippen LogP contribution >= 0.6 is 11.8 Å². The monoisotopic (exact) mass is 303 g/mol. The number of anilines is 2. The number of carbonyl (C=O) groups is 1. The quantitative estimate of drug-likeness (QED) is 0.875. The minimum absolute atomic E-state index is 0.0541. The molecule has 2 N–H and O–H groups in total. The Balaban J connectivity index is 1.68. The third-order valence-electron chi connectivity index (χ3n) is 4.02. The maximum absolute atomic E-state index is 11.1. The van der Waals surface area contributed by atoms with E-state index in [9.17, 15) is 4.79 Å². The number of rotatable bonds is 2. The smallest absolute Gasteiger partial charge is 0.221 e. The molecule has 21 heavy (non-hydrogen) atoms. The van der Waals surface area contributed by atoms with Gasteiger partial charge in [-0.15, -0.1) is 0 Å². The van der Waals surface area contributed by atoms with Crippen molar-refractivity contribution in [3.8, 4) is 0 Å². The average Bonchev–Trinajstić information content (AvgIpc) is 2.47. The average molecular weight is 303 g/mol. The summed E-state index contributed by atoms with van der Waals surface area (Å²) < 4.78 is 0. The maximum atomic E-state index is 11.1. The molecule has 0 radical (unpaired) electrons. The summed E-state index contributed by atoms with van der Waals surface area (Å²) in [7, 11) is 0. The zero-order chi connectivity index (χ0) is 14.7. The second-order valence-electron chi connectivity index (χ2n) is 5.74. The van der Waals surface area contributed by atoms with Crippen LogP contribution in [0, 0.1) is 5.92 Å². The van der Waals surface area contributed by atoms with Crippen LogP contribution < -0.4 is 10.6 Å². The van der Waals surface area contributed by atoms with Crippen LogP contribution in [0.5, 0.6) is 0 Å². The van der Waals surface area contributed by atoms with Crippen molar-refractivity contribution in [3.63, 3.8) is 0 Å². The lowest BCUT2D eigenvalue weighted by molar-refractivity contribution is -0.114. The summed E-state index contributed by atoms with van der Waals surface area (Å²) in [5, 5.41) is 7.20. The van der Waals surface area contributed by atoms with Gasteiger partial charge in [-0.3, -0.25) is 9.79 Å². The molecule has 0 saturated heterocycles. The highest BCUT2D eigenvalue weighted by Gasteiger charge is 2.29. The standard InChI is InChI=1S/C16H21N3OS/c1-11(20)17-13-6-4-7-14(9-13)18-16-19-15-8-3-2-5-12(15)10-21-16/h4,6-7,9,12,15H,2-3,5,8,10H2,1H3,(H,17,20)(H,18,19). The normalized spacial score (nSPS) is 24.7. The second-order valence-corrected chi connectivity index (χ2v) is 6.75. The fourth-order valence-electron chi connectivity index (χ4n) is 3.00. The van der Waals surface area contributed by atoms with Gasteiger partial charge in [0.2, 0.25) is 5.91 Å². The molecule has 1 aliphatic carbocycles. The van der Waals surface area contributed by atoms with Gasteiger partial charge < -0.3 is 10.6 Å². The first-order valence-electron chi connectivity index (χ1n) is 7.56. The highest BCUT2D eigenvalue weighted by atomic mass is 32.2. The first-order valence-corrected chi connectivity index (χ1v) is 8.54. The summed E-state index contributed by atoms with van der Waals surface area (Å²) in [6.07, 6.45) is 5.22. The van der Waals surface area contributed by atoms with Gasteiger partial charge >= 0.3 is 0 Å². The van der Waals surface area contributed by atoms with Crippen LogP contribution in [0.3, 0.4) is 0 Å². The molecule has 1 aromatic rings. The van der Waals surface area contributed by atoms with E-state index in [0.717, 1.165) is 22.5 Å². The van der Waals surface area contributed by atoms with E-state index in [4.69, 9.17) is 4.99 Å². The van der Waals surface area contributed by atoms with Crippen molar-refractivity contribution < 1.29 is 4.79 Å². The first-order chi connectivity index (χ1) is 10.2. The Bertz CT molecular complexity index is 558. The fraction of sp³-hybridized carbons (Fsp3) is 0.500. The van der Waals surface area contributed by atoms with Crippen LogP contribution in [0.1, 0.15) is 32.6 Å². The molecule has 1 heterocycles. The van der Waals surface area contributed by atoms with Gasteiger partial charge in [-0.2, -0.15) is 0 Å². The minimum atomic E-state index is -0.0541. The zero-order valence-corrected chi connectivity index (χ0v) is 13.1. The first kappa shape index (κ1) is 14.4. The predicted octanol–water partition coefficient (Wildman–Crippen LogP) is 3.72. The van der Waals surface area contributed by atoms with Crippen LogP contribution in [0.15, 0.2) is 29.3 Å². The van der Waals surface area contributed by atoms with Gasteiger partial charge in [0.25, 0.3) is 0 Å². The SMILES string of the molecule is CC(=O)Nc1cccc(NC2=NC3CCCCC3CS2)c1. The number of fused-ring (bicyclic) bond motifs is 1. The van der Waals surface area contributed by atoms with Gasteiger partial charge in [0.1, 0.15) is 0 Å². The van der Waals surface area contributed by atoms with Crippen molar-refractivity contribution in [2.45, 2.75) is 38.6 Å². The van der Waals surface area contributed by atoms with Gasteiger partial charge in [-0.05, 0) is 37.0 Å². The lowest BCUT2D eigenvalue weighted by atomic mass is 9.86. The largest absolute Gasteiger partial charge is 0.335 e. The van der Waals surface area contributed by atoms with E-state index in [1.165, 1.54) is 38.4 Å². The Hall–Kier alpha value is -1.49. The fourth-order valence-corrected chi connectivity index (χ4v) is 4.16. The highest BCUT2D eigenvalue weighted by molar-refractivity contribution is 8.14. The van der Waals surface area contributed by atoms with Crippen LogP contribution in [-0.4, -0.2) is 22.9 Å². The number of hydrogen-bond donors (Lipinski definition) is 2. The van der Waals surface area contributed by atoms with E-state index in [-0.39, 0.29) is 5.91 Å². The summed E-state index contributed by atoms with van der Waals surface area (Å²) in [4.78, 5) is 16.0. The molecule has 1 amide bonds. The number of aliphatic imine (C=N–C) groups is 1. The lowest BCUT2D eigenvalue weighted by Gasteiger charge is -2.32. The molecular weight excluding hydrogens is 282 g/mol. The number of nitrogens with zero attached hydrogens (tertiary/aromatic N) is 1. The van der Waals surface area contributed by atoms with Gasteiger partial charge in [0, 0.05) is 24.1 Å². The third-order valence-corrected chi connectivity index (χ3v) is 5.10. The number of thioether (sulfide) groups is 1. The van der Waals surface area contributed by atoms with E-state index >= 15 is 0 Å². The molecule has 2 atom stereocenters. The number of amidine groups is 1.